The molecule has 3 rings (SSSR count). The molecule has 2 atom stereocenters. The first-order chi connectivity index (χ1) is 9.96. The van der Waals surface area contributed by atoms with Crippen LogP contribution in [0, 0.1) is 18.8 Å². The molecule has 0 saturated carbocycles. The highest BCUT2D eigenvalue weighted by Crippen LogP contribution is 2.40. The summed E-state index contributed by atoms with van der Waals surface area (Å²) in [6.07, 6.45) is 0.488. The molecular formula is C15H24N4O2. The normalized spacial score (nSPS) is 27.8. The number of aromatic nitrogens is 1. The predicted octanol–water partition coefficient (Wildman–Crippen LogP) is 1.24. The molecule has 116 valence electrons. The fraction of sp³-hybridized carbons (Fsp3) is 0.733. The van der Waals surface area contributed by atoms with E-state index in [-0.39, 0.29) is 11.4 Å². The molecule has 3 heterocycles. The summed E-state index contributed by atoms with van der Waals surface area (Å²) in [5, 5.41) is 10.0. The third-order valence-electron chi connectivity index (χ3n) is 5.02. The van der Waals surface area contributed by atoms with Gasteiger partial charge in [0.25, 0.3) is 0 Å². The minimum atomic E-state index is -0.00529. The van der Waals surface area contributed by atoms with Crippen LogP contribution in [-0.2, 0) is 4.79 Å². The summed E-state index contributed by atoms with van der Waals surface area (Å²) in [7, 11) is 0. The summed E-state index contributed by atoms with van der Waals surface area (Å²) in [4.78, 5) is 14.5. The van der Waals surface area contributed by atoms with Gasteiger partial charge in [-0.05, 0) is 39.2 Å². The third kappa shape index (κ3) is 2.82. The van der Waals surface area contributed by atoms with Crippen LogP contribution in [0.4, 0.5) is 5.82 Å². The predicted molar refractivity (Wildman–Crippen MR) is 80.0 cm³/mol. The highest BCUT2D eigenvalue weighted by Gasteiger charge is 2.49. The van der Waals surface area contributed by atoms with Crippen molar-refractivity contribution in [3.8, 4) is 0 Å². The molecule has 21 heavy (non-hydrogen) atoms. The van der Waals surface area contributed by atoms with E-state index in [4.69, 9.17) is 4.52 Å². The van der Waals surface area contributed by atoms with Crippen molar-refractivity contribution in [3.05, 3.63) is 11.8 Å². The van der Waals surface area contributed by atoms with Crippen LogP contribution in [0.1, 0.15) is 26.0 Å². The van der Waals surface area contributed by atoms with Gasteiger partial charge in [0.05, 0.1) is 0 Å². The van der Waals surface area contributed by atoms with Crippen molar-refractivity contribution < 1.29 is 9.32 Å². The van der Waals surface area contributed by atoms with Crippen LogP contribution in [0.2, 0.25) is 0 Å². The van der Waals surface area contributed by atoms with E-state index in [1.165, 1.54) is 0 Å². The standard InChI is InChI=1S/C15H24N4O2/c1-10-6-13(18-21-10)17-14(20)4-5-19-9-11-7-16-8-12(11)15(19,2)3/h6,11-12,16H,4-5,7-9H2,1-3H3,(H,17,18,20). The third-order valence-corrected chi connectivity index (χ3v) is 5.02. The van der Waals surface area contributed by atoms with E-state index in [1.54, 1.807) is 6.07 Å². The SMILES string of the molecule is Cc1cc(NC(=O)CCN2CC3CNCC3C2(C)C)no1. The molecule has 0 aromatic carbocycles. The highest BCUT2D eigenvalue weighted by molar-refractivity contribution is 5.89. The van der Waals surface area contributed by atoms with Gasteiger partial charge >= 0.3 is 0 Å². The number of aryl methyl sites for hydroxylation is 1. The summed E-state index contributed by atoms with van der Waals surface area (Å²) in [6.45, 7) is 10.5. The van der Waals surface area contributed by atoms with Gasteiger partial charge in [-0.2, -0.15) is 0 Å². The molecule has 6 nitrogen and oxygen atoms in total. The summed E-state index contributed by atoms with van der Waals surface area (Å²) in [5.74, 6) is 2.61. The molecule has 2 unspecified atom stereocenters. The van der Waals surface area contributed by atoms with Crippen LogP contribution >= 0.6 is 0 Å². The fourth-order valence-electron chi connectivity index (χ4n) is 3.75. The second-order valence-electron chi connectivity index (χ2n) is 6.75. The van der Waals surface area contributed by atoms with Gasteiger partial charge < -0.3 is 15.2 Å². The molecule has 0 bridgehead atoms. The van der Waals surface area contributed by atoms with E-state index in [0.717, 1.165) is 32.1 Å². The Bertz CT molecular complexity index is 525. The molecule has 2 aliphatic rings. The zero-order valence-corrected chi connectivity index (χ0v) is 13.0. The molecule has 2 fully saturated rings. The summed E-state index contributed by atoms with van der Waals surface area (Å²) in [5.41, 5.74) is 0.166. The number of hydrogen-bond donors (Lipinski definition) is 2. The lowest BCUT2D eigenvalue weighted by Crippen LogP contribution is -2.45. The minimum Gasteiger partial charge on any atom is -0.360 e. The van der Waals surface area contributed by atoms with Crippen LogP contribution in [-0.4, -0.2) is 47.7 Å². The Kier molecular flexibility index (Phi) is 3.75. The molecule has 0 aliphatic carbocycles. The van der Waals surface area contributed by atoms with Gasteiger partial charge in [-0.25, -0.2) is 0 Å². The molecule has 6 heteroatoms. The van der Waals surface area contributed by atoms with E-state index < -0.39 is 0 Å². The number of nitrogens with one attached hydrogen (secondary N) is 2. The Morgan fingerprint density at radius 1 is 1.57 bits per heavy atom. The van der Waals surface area contributed by atoms with Crippen molar-refractivity contribution in [1.82, 2.24) is 15.4 Å². The van der Waals surface area contributed by atoms with Crippen LogP contribution in [0.5, 0.6) is 0 Å². The van der Waals surface area contributed by atoms with Crippen molar-refractivity contribution in [2.24, 2.45) is 11.8 Å². The number of rotatable bonds is 4. The van der Waals surface area contributed by atoms with E-state index in [2.05, 4.69) is 34.5 Å². The van der Waals surface area contributed by atoms with Crippen LogP contribution in [0.3, 0.4) is 0 Å². The number of fused-ring (bicyclic) bond motifs is 1. The number of carbonyl (C=O) groups is 1. The highest BCUT2D eigenvalue weighted by atomic mass is 16.5. The second kappa shape index (κ2) is 5.42. The van der Waals surface area contributed by atoms with Crippen molar-refractivity contribution in [1.29, 1.82) is 0 Å². The molecule has 0 spiro atoms. The zero-order chi connectivity index (χ0) is 15.0. The zero-order valence-electron chi connectivity index (χ0n) is 13.0. The van der Waals surface area contributed by atoms with Gasteiger partial charge in [0, 0.05) is 37.7 Å². The van der Waals surface area contributed by atoms with Crippen LogP contribution in [0.15, 0.2) is 10.6 Å². The van der Waals surface area contributed by atoms with Crippen molar-refractivity contribution in [2.45, 2.75) is 32.7 Å². The smallest absolute Gasteiger partial charge is 0.226 e. The summed E-state index contributed by atoms with van der Waals surface area (Å²) < 4.78 is 4.94. The maximum Gasteiger partial charge on any atom is 0.226 e. The molecule has 1 amide bonds. The van der Waals surface area contributed by atoms with Gasteiger partial charge in [-0.1, -0.05) is 5.16 Å². The first kappa shape index (κ1) is 14.5. The first-order valence-electron chi connectivity index (χ1n) is 7.66. The first-order valence-corrected chi connectivity index (χ1v) is 7.66. The topological polar surface area (TPSA) is 70.4 Å². The second-order valence-corrected chi connectivity index (χ2v) is 6.75. The number of anilines is 1. The van der Waals surface area contributed by atoms with E-state index in [9.17, 15) is 4.79 Å². The Balaban J connectivity index is 1.52. The number of hydrogen-bond acceptors (Lipinski definition) is 5. The van der Waals surface area contributed by atoms with Crippen LogP contribution < -0.4 is 10.6 Å². The lowest BCUT2D eigenvalue weighted by molar-refractivity contribution is -0.116. The average molecular weight is 292 g/mol. The Hall–Kier alpha value is -1.40. The monoisotopic (exact) mass is 292 g/mol. The van der Waals surface area contributed by atoms with E-state index in [1.807, 2.05) is 6.92 Å². The fourth-order valence-corrected chi connectivity index (χ4v) is 3.75. The molecule has 1 aromatic rings. The molecule has 2 aliphatic heterocycles. The van der Waals surface area contributed by atoms with Crippen molar-refractivity contribution in [2.75, 3.05) is 31.5 Å². The Morgan fingerprint density at radius 2 is 2.38 bits per heavy atom. The molecule has 2 N–H and O–H groups in total. The largest absolute Gasteiger partial charge is 0.360 e. The van der Waals surface area contributed by atoms with Gasteiger partial charge in [0.1, 0.15) is 5.76 Å². The molecule has 1 aromatic heterocycles. The van der Waals surface area contributed by atoms with Crippen molar-refractivity contribution >= 4 is 11.7 Å². The number of likely N-dealkylation sites (tertiary alicyclic amines) is 1. The van der Waals surface area contributed by atoms with Crippen LogP contribution in [0.25, 0.3) is 0 Å². The number of nitrogens with zero attached hydrogens (tertiary/aromatic N) is 2. The van der Waals surface area contributed by atoms with E-state index in [0.29, 0.717) is 23.9 Å². The average Bonchev–Trinajstić information content (AvgIpc) is 3.07. The van der Waals surface area contributed by atoms with Gasteiger partial charge in [0.15, 0.2) is 5.82 Å². The number of amides is 1. The molecule has 2 saturated heterocycles. The number of carbonyl (C=O) groups excluding carboxylic acids is 1. The maximum absolute atomic E-state index is 12.0. The quantitative estimate of drug-likeness (QED) is 0.874. The Labute approximate surface area is 125 Å². The maximum atomic E-state index is 12.0. The summed E-state index contributed by atoms with van der Waals surface area (Å²) >= 11 is 0. The lowest BCUT2D eigenvalue weighted by atomic mass is 9.85. The molecular weight excluding hydrogens is 268 g/mol. The minimum absolute atomic E-state index is 0.00529. The van der Waals surface area contributed by atoms with Gasteiger partial charge in [-0.15, -0.1) is 0 Å². The lowest BCUT2D eigenvalue weighted by Gasteiger charge is -2.35. The van der Waals surface area contributed by atoms with Crippen molar-refractivity contribution in [3.63, 3.8) is 0 Å². The van der Waals surface area contributed by atoms with Gasteiger partial charge in [-0.3, -0.25) is 9.69 Å². The Morgan fingerprint density at radius 3 is 3.05 bits per heavy atom. The summed E-state index contributed by atoms with van der Waals surface area (Å²) in [6, 6.07) is 1.73. The van der Waals surface area contributed by atoms with E-state index >= 15 is 0 Å². The van der Waals surface area contributed by atoms with Gasteiger partial charge in [0.2, 0.25) is 5.91 Å². The molecule has 0 radical (unpaired) electrons.